The van der Waals surface area contributed by atoms with E-state index in [9.17, 15) is 26.8 Å². The Balaban J connectivity index is 1.53. The van der Waals surface area contributed by atoms with Crippen LogP contribution in [0.4, 0.5) is 14.5 Å². The van der Waals surface area contributed by atoms with E-state index in [0.717, 1.165) is 12.1 Å². The van der Waals surface area contributed by atoms with Gasteiger partial charge < -0.3 is 9.73 Å². The Morgan fingerprint density at radius 2 is 2.00 bits per heavy atom. The highest BCUT2D eigenvalue weighted by molar-refractivity contribution is 7.89. The number of piperidine rings is 1. The van der Waals surface area contributed by atoms with E-state index in [1.165, 1.54) is 22.5 Å². The summed E-state index contributed by atoms with van der Waals surface area (Å²) in [5.41, 5.74) is 0.310. The lowest BCUT2D eigenvalue weighted by Gasteiger charge is -2.31. The summed E-state index contributed by atoms with van der Waals surface area (Å²) in [7, 11) is -3.94. The lowest BCUT2D eigenvalue weighted by atomic mass is 9.98. The molecule has 3 aromatic rings. The summed E-state index contributed by atoms with van der Waals surface area (Å²) in [6.07, 6.45) is 0.858. The van der Waals surface area contributed by atoms with Gasteiger partial charge in [-0.2, -0.15) is 4.31 Å². The molecule has 2 N–H and O–H groups in total. The number of rotatable bonds is 4. The minimum atomic E-state index is -3.94. The number of H-pyrrole nitrogens is 1. The number of hydrogen-bond donors (Lipinski definition) is 2. The Morgan fingerprint density at radius 3 is 2.77 bits per heavy atom. The zero-order valence-electron chi connectivity index (χ0n) is 15.5. The Morgan fingerprint density at radius 1 is 1.20 bits per heavy atom. The van der Waals surface area contributed by atoms with E-state index in [-0.39, 0.29) is 29.3 Å². The molecule has 11 heteroatoms. The maximum atomic E-state index is 13.8. The molecule has 0 spiro atoms. The molecule has 1 aliphatic heterocycles. The number of aromatic amines is 1. The quantitative estimate of drug-likeness (QED) is 0.651. The van der Waals surface area contributed by atoms with Gasteiger partial charge in [0.2, 0.25) is 15.9 Å². The summed E-state index contributed by atoms with van der Waals surface area (Å²) in [5, 5.41) is 2.39. The van der Waals surface area contributed by atoms with Crippen LogP contribution >= 0.6 is 0 Å². The van der Waals surface area contributed by atoms with Crippen LogP contribution in [0, 0.1) is 17.6 Å². The van der Waals surface area contributed by atoms with Gasteiger partial charge in [0.05, 0.1) is 22.0 Å². The van der Waals surface area contributed by atoms with E-state index in [1.54, 1.807) is 0 Å². The second-order valence-electron chi connectivity index (χ2n) is 6.99. The maximum Gasteiger partial charge on any atom is 0.417 e. The minimum absolute atomic E-state index is 0.0663. The summed E-state index contributed by atoms with van der Waals surface area (Å²) < 4.78 is 59.0. The van der Waals surface area contributed by atoms with Crippen LogP contribution in [-0.4, -0.2) is 36.7 Å². The smallest absolute Gasteiger partial charge is 0.408 e. The summed E-state index contributed by atoms with van der Waals surface area (Å²) in [6.45, 7) is 0.123. The van der Waals surface area contributed by atoms with Crippen molar-refractivity contribution in [2.75, 3.05) is 18.4 Å². The van der Waals surface area contributed by atoms with Crippen molar-refractivity contribution in [2.24, 2.45) is 5.92 Å². The molecule has 1 amide bonds. The molecule has 30 heavy (non-hydrogen) atoms. The van der Waals surface area contributed by atoms with Gasteiger partial charge in [-0.05, 0) is 37.1 Å². The number of hydrogen-bond acceptors (Lipinski definition) is 5. The van der Waals surface area contributed by atoms with Gasteiger partial charge in [-0.25, -0.2) is 22.0 Å². The van der Waals surface area contributed by atoms with Crippen molar-refractivity contribution in [2.45, 2.75) is 17.7 Å². The third kappa shape index (κ3) is 3.85. The van der Waals surface area contributed by atoms with Crippen molar-refractivity contribution in [3.63, 3.8) is 0 Å². The number of fused-ring (bicyclic) bond motifs is 1. The number of carbonyl (C=O) groups is 1. The number of anilines is 1. The number of carbonyl (C=O) groups excluding carboxylic acids is 1. The fraction of sp³-hybridized carbons (Fsp3) is 0.263. The van der Waals surface area contributed by atoms with E-state index in [1.807, 2.05) is 0 Å². The molecule has 2 heterocycles. The SMILES string of the molecule is O=C(Nc1ccc(F)cc1F)C1CCCN(S(=O)(=O)c2ccc3[nH]c(=O)oc3c2)C1. The van der Waals surface area contributed by atoms with Crippen LogP contribution in [-0.2, 0) is 14.8 Å². The fourth-order valence-corrected chi connectivity index (χ4v) is 4.98. The molecule has 0 aliphatic carbocycles. The first-order valence-electron chi connectivity index (χ1n) is 9.13. The molecule has 1 fully saturated rings. The monoisotopic (exact) mass is 437 g/mol. The summed E-state index contributed by atoms with van der Waals surface area (Å²) in [4.78, 5) is 26.2. The Labute approximate surface area is 169 Å². The van der Waals surface area contributed by atoms with Crippen LogP contribution in [0.25, 0.3) is 11.1 Å². The Bertz CT molecular complexity index is 1280. The molecule has 0 radical (unpaired) electrons. The van der Waals surface area contributed by atoms with E-state index < -0.39 is 39.2 Å². The lowest BCUT2D eigenvalue weighted by Crippen LogP contribution is -2.43. The first-order chi connectivity index (χ1) is 14.2. The predicted octanol–water partition coefficient (Wildman–Crippen LogP) is 2.44. The van der Waals surface area contributed by atoms with Gasteiger partial charge in [-0.3, -0.25) is 9.78 Å². The Hall–Kier alpha value is -3.05. The summed E-state index contributed by atoms with van der Waals surface area (Å²) >= 11 is 0. The number of benzene rings is 2. The van der Waals surface area contributed by atoms with Crippen molar-refractivity contribution in [1.82, 2.24) is 9.29 Å². The second-order valence-corrected chi connectivity index (χ2v) is 8.93. The summed E-state index contributed by atoms with van der Waals surface area (Å²) in [6, 6.07) is 6.81. The molecule has 1 atom stereocenters. The van der Waals surface area contributed by atoms with Crippen molar-refractivity contribution >= 4 is 32.7 Å². The molecular weight excluding hydrogens is 420 g/mol. The number of oxazole rings is 1. The highest BCUT2D eigenvalue weighted by Crippen LogP contribution is 2.27. The molecule has 4 rings (SSSR count). The van der Waals surface area contributed by atoms with Gasteiger partial charge >= 0.3 is 5.76 Å². The van der Waals surface area contributed by atoms with Gasteiger partial charge in [-0.1, -0.05) is 0 Å². The average molecular weight is 437 g/mol. The standard InChI is InChI=1S/C19H17F2N3O5S/c20-12-3-5-15(14(21)8-12)22-18(25)11-2-1-7-24(10-11)30(27,28)13-4-6-16-17(9-13)29-19(26)23-16/h3-6,8-9,11H,1-2,7,10H2,(H,22,25)(H,23,26). The van der Waals surface area contributed by atoms with Crippen LogP contribution in [0.2, 0.25) is 0 Å². The Kier molecular flexibility index (Phi) is 5.16. The number of amides is 1. The van der Waals surface area contributed by atoms with Crippen molar-refractivity contribution in [1.29, 1.82) is 0 Å². The zero-order valence-corrected chi connectivity index (χ0v) is 16.3. The van der Waals surface area contributed by atoms with Gasteiger partial charge in [0.15, 0.2) is 5.58 Å². The molecule has 8 nitrogen and oxygen atoms in total. The average Bonchev–Trinajstić information content (AvgIpc) is 3.09. The molecule has 1 aromatic heterocycles. The minimum Gasteiger partial charge on any atom is -0.408 e. The van der Waals surface area contributed by atoms with Gasteiger partial charge in [-0.15, -0.1) is 0 Å². The number of sulfonamides is 1. The zero-order chi connectivity index (χ0) is 21.5. The normalized spacial score (nSPS) is 17.9. The third-order valence-electron chi connectivity index (χ3n) is 4.97. The van der Waals surface area contributed by atoms with Gasteiger partial charge in [0.25, 0.3) is 0 Å². The molecule has 1 aliphatic rings. The van der Waals surface area contributed by atoms with Crippen LogP contribution in [0.3, 0.4) is 0 Å². The van der Waals surface area contributed by atoms with E-state index in [2.05, 4.69) is 10.3 Å². The van der Waals surface area contributed by atoms with E-state index >= 15 is 0 Å². The third-order valence-corrected chi connectivity index (χ3v) is 6.84. The molecule has 0 bridgehead atoms. The van der Waals surface area contributed by atoms with Crippen LogP contribution < -0.4 is 11.1 Å². The highest BCUT2D eigenvalue weighted by Gasteiger charge is 2.34. The van der Waals surface area contributed by atoms with Crippen LogP contribution in [0.5, 0.6) is 0 Å². The van der Waals surface area contributed by atoms with Crippen molar-refractivity contribution in [3.05, 3.63) is 58.6 Å². The molecule has 1 unspecified atom stereocenters. The van der Waals surface area contributed by atoms with Crippen LogP contribution in [0.1, 0.15) is 12.8 Å². The van der Waals surface area contributed by atoms with Gasteiger partial charge in [0, 0.05) is 25.2 Å². The molecule has 2 aromatic carbocycles. The molecule has 1 saturated heterocycles. The first kappa shape index (κ1) is 20.2. The number of halogens is 2. The summed E-state index contributed by atoms with van der Waals surface area (Å²) in [5.74, 6) is -3.62. The molecule has 158 valence electrons. The fourth-order valence-electron chi connectivity index (χ4n) is 3.44. The van der Waals surface area contributed by atoms with Crippen molar-refractivity contribution in [3.8, 4) is 0 Å². The highest BCUT2D eigenvalue weighted by atomic mass is 32.2. The topological polar surface area (TPSA) is 112 Å². The largest absolute Gasteiger partial charge is 0.417 e. The number of aromatic nitrogens is 1. The number of nitrogens with one attached hydrogen (secondary N) is 2. The first-order valence-corrected chi connectivity index (χ1v) is 10.6. The maximum absolute atomic E-state index is 13.8. The van der Waals surface area contributed by atoms with Crippen LogP contribution in [0.15, 0.2) is 50.5 Å². The second kappa shape index (κ2) is 7.65. The van der Waals surface area contributed by atoms with Gasteiger partial charge in [0.1, 0.15) is 11.6 Å². The van der Waals surface area contributed by atoms with Crippen molar-refractivity contribution < 1.29 is 26.4 Å². The number of nitrogens with zero attached hydrogens (tertiary/aromatic N) is 1. The molecular formula is C19H17F2N3O5S. The lowest BCUT2D eigenvalue weighted by molar-refractivity contribution is -0.120. The predicted molar refractivity (Wildman–Crippen MR) is 103 cm³/mol. The van der Waals surface area contributed by atoms with E-state index in [0.29, 0.717) is 24.4 Å². The van der Waals surface area contributed by atoms with E-state index in [4.69, 9.17) is 4.42 Å². The molecule has 0 saturated carbocycles.